The second kappa shape index (κ2) is 5.67. The van der Waals surface area contributed by atoms with E-state index in [4.69, 9.17) is 11.6 Å². The number of halogens is 1. The van der Waals surface area contributed by atoms with Crippen LogP contribution in [0.15, 0.2) is 36.4 Å². The van der Waals surface area contributed by atoms with Gasteiger partial charge in [0.05, 0.1) is 4.34 Å². The highest BCUT2D eigenvalue weighted by atomic mass is 35.5. The molecule has 3 heteroatoms. The highest BCUT2D eigenvalue weighted by Crippen LogP contribution is 2.22. The maximum atomic E-state index is 5.91. The molecule has 0 fully saturated rings. The molecule has 1 unspecified atom stereocenters. The molecule has 1 heterocycles. The molecule has 2 aromatic rings. The van der Waals surface area contributed by atoms with Crippen molar-refractivity contribution < 1.29 is 0 Å². The highest BCUT2D eigenvalue weighted by molar-refractivity contribution is 7.16. The van der Waals surface area contributed by atoms with Crippen LogP contribution >= 0.6 is 22.9 Å². The minimum absolute atomic E-state index is 0.358. The van der Waals surface area contributed by atoms with Crippen molar-refractivity contribution in [3.05, 3.63) is 56.7 Å². The fraction of sp³-hybridized carbons (Fsp3) is 0.286. The summed E-state index contributed by atoms with van der Waals surface area (Å²) in [6.45, 7) is 5.21. The molecule has 0 aliphatic heterocycles. The molecule has 0 amide bonds. The molecule has 1 nitrogen and oxygen atoms in total. The van der Waals surface area contributed by atoms with Gasteiger partial charge in [0.1, 0.15) is 0 Å². The van der Waals surface area contributed by atoms with Crippen molar-refractivity contribution >= 4 is 22.9 Å². The lowest BCUT2D eigenvalue weighted by Crippen LogP contribution is -2.18. The number of rotatable bonds is 4. The van der Waals surface area contributed by atoms with Gasteiger partial charge in [-0.2, -0.15) is 0 Å². The first kappa shape index (κ1) is 12.6. The summed E-state index contributed by atoms with van der Waals surface area (Å²) in [4.78, 5) is 1.27. The minimum Gasteiger partial charge on any atom is -0.305 e. The summed E-state index contributed by atoms with van der Waals surface area (Å²) in [5.74, 6) is 0. The van der Waals surface area contributed by atoms with Gasteiger partial charge in [0, 0.05) is 17.5 Å². The summed E-state index contributed by atoms with van der Waals surface area (Å²) in [6.07, 6.45) is 0. The Labute approximate surface area is 111 Å². The van der Waals surface area contributed by atoms with E-state index < -0.39 is 0 Å². The molecular weight excluding hydrogens is 250 g/mol. The first-order valence-corrected chi connectivity index (χ1v) is 6.89. The van der Waals surface area contributed by atoms with E-state index in [0.717, 1.165) is 10.9 Å². The second-order valence-corrected chi connectivity index (χ2v) is 5.96. The van der Waals surface area contributed by atoms with Crippen molar-refractivity contribution in [1.82, 2.24) is 5.32 Å². The van der Waals surface area contributed by atoms with Gasteiger partial charge in [-0.3, -0.25) is 0 Å². The van der Waals surface area contributed by atoms with Crippen LogP contribution in [-0.2, 0) is 6.54 Å². The van der Waals surface area contributed by atoms with Gasteiger partial charge in [-0.15, -0.1) is 11.3 Å². The molecule has 1 aromatic heterocycles. The topological polar surface area (TPSA) is 12.0 Å². The minimum atomic E-state index is 0.358. The lowest BCUT2D eigenvalue weighted by atomic mass is 10.0. The normalized spacial score (nSPS) is 12.6. The predicted octanol–water partition coefficient (Wildman–Crippen LogP) is 4.56. The van der Waals surface area contributed by atoms with Crippen molar-refractivity contribution in [3.8, 4) is 0 Å². The first-order chi connectivity index (χ1) is 8.16. The third-order valence-corrected chi connectivity index (χ3v) is 4.10. The van der Waals surface area contributed by atoms with Gasteiger partial charge in [0.25, 0.3) is 0 Å². The average molecular weight is 266 g/mol. The summed E-state index contributed by atoms with van der Waals surface area (Å²) in [6, 6.07) is 12.9. The van der Waals surface area contributed by atoms with Gasteiger partial charge in [-0.1, -0.05) is 35.9 Å². The van der Waals surface area contributed by atoms with Crippen LogP contribution in [-0.4, -0.2) is 0 Å². The van der Waals surface area contributed by atoms with Crippen LogP contribution in [0.1, 0.15) is 29.0 Å². The average Bonchev–Trinajstić information content (AvgIpc) is 2.73. The van der Waals surface area contributed by atoms with Crippen LogP contribution < -0.4 is 5.32 Å². The number of hydrogen-bond acceptors (Lipinski definition) is 2. The van der Waals surface area contributed by atoms with Crippen molar-refractivity contribution in [2.24, 2.45) is 0 Å². The van der Waals surface area contributed by atoms with Crippen molar-refractivity contribution in [2.45, 2.75) is 26.4 Å². The Morgan fingerprint density at radius 3 is 2.65 bits per heavy atom. The molecule has 0 aliphatic rings. The zero-order chi connectivity index (χ0) is 12.3. The van der Waals surface area contributed by atoms with E-state index in [1.54, 1.807) is 11.3 Å². The Morgan fingerprint density at radius 1 is 1.24 bits per heavy atom. The van der Waals surface area contributed by atoms with E-state index in [2.05, 4.69) is 49.5 Å². The first-order valence-electron chi connectivity index (χ1n) is 5.70. The molecule has 0 saturated carbocycles. The van der Waals surface area contributed by atoms with Gasteiger partial charge < -0.3 is 5.32 Å². The van der Waals surface area contributed by atoms with Gasteiger partial charge in [-0.25, -0.2) is 0 Å². The zero-order valence-corrected chi connectivity index (χ0v) is 11.6. The number of hydrogen-bond donors (Lipinski definition) is 1. The Balaban J connectivity index is 1.98. The number of nitrogens with one attached hydrogen (secondary N) is 1. The van der Waals surface area contributed by atoms with Crippen molar-refractivity contribution in [1.29, 1.82) is 0 Å². The van der Waals surface area contributed by atoms with Gasteiger partial charge >= 0.3 is 0 Å². The molecule has 1 N–H and O–H groups in total. The molecule has 0 bridgehead atoms. The maximum Gasteiger partial charge on any atom is 0.0931 e. The molecule has 17 heavy (non-hydrogen) atoms. The largest absolute Gasteiger partial charge is 0.305 e. The van der Waals surface area contributed by atoms with Gasteiger partial charge in [-0.05, 0) is 37.1 Å². The standard InChI is InChI=1S/C14H16ClNS/c1-10-5-3-4-6-13(10)11(2)16-9-12-7-8-14(15)17-12/h3-8,11,16H,9H2,1-2H3. The van der Waals surface area contributed by atoms with E-state index in [0.29, 0.717) is 6.04 Å². The second-order valence-electron chi connectivity index (χ2n) is 4.16. The molecule has 1 aromatic carbocycles. The van der Waals surface area contributed by atoms with E-state index in [1.807, 2.05) is 6.07 Å². The Morgan fingerprint density at radius 2 is 2.00 bits per heavy atom. The van der Waals surface area contributed by atoms with Crippen LogP contribution in [0.4, 0.5) is 0 Å². The molecule has 90 valence electrons. The quantitative estimate of drug-likeness (QED) is 0.855. The third-order valence-electron chi connectivity index (χ3n) is 2.87. The molecule has 2 rings (SSSR count). The van der Waals surface area contributed by atoms with E-state index in [-0.39, 0.29) is 0 Å². The van der Waals surface area contributed by atoms with Crippen LogP contribution in [0.25, 0.3) is 0 Å². The molecule has 0 aliphatic carbocycles. The lowest BCUT2D eigenvalue weighted by molar-refractivity contribution is 0.576. The van der Waals surface area contributed by atoms with E-state index in [1.165, 1.54) is 16.0 Å². The van der Waals surface area contributed by atoms with Crippen LogP contribution in [0.2, 0.25) is 4.34 Å². The highest BCUT2D eigenvalue weighted by Gasteiger charge is 2.07. The monoisotopic (exact) mass is 265 g/mol. The summed E-state index contributed by atoms with van der Waals surface area (Å²) < 4.78 is 0.852. The van der Waals surface area contributed by atoms with Crippen molar-refractivity contribution in [2.75, 3.05) is 0 Å². The third kappa shape index (κ3) is 3.32. The van der Waals surface area contributed by atoms with Crippen LogP contribution in [0.3, 0.4) is 0 Å². The van der Waals surface area contributed by atoms with E-state index in [9.17, 15) is 0 Å². The SMILES string of the molecule is Cc1ccccc1C(C)NCc1ccc(Cl)s1. The molecular formula is C14H16ClNS. The Bertz CT molecular complexity index is 492. The number of thiophene rings is 1. The predicted molar refractivity (Wildman–Crippen MR) is 75.8 cm³/mol. The van der Waals surface area contributed by atoms with Crippen LogP contribution in [0, 0.1) is 6.92 Å². The fourth-order valence-electron chi connectivity index (χ4n) is 1.88. The fourth-order valence-corrected chi connectivity index (χ4v) is 2.92. The molecule has 0 saturated heterocycles. The van der Waals surface area contributed by atoms with Gasteiger partial charge in [0.15, 0.2) is 0 Å². The maximum absolute atomic E-state index is 5.91. The van der Waals surface area contributed by atoms with E-state index >= 15 is 0 Å². The molecule has 1 atom stereocenters. The number of benzene rings is 1. The zero-order valence-electron chi connectivity index (χ0n) is 10.0. The molecule has 0 radical (unpaired) electrons. The summed E-state index contributed by atoms with van der Waals surface area (Å²) in [7, 11) is 0. The number of aryl methyl sites for hydroxylation is 1. The molecule has 0 spiro atoms. The summed E-state index contributed by atoms with van der Waals surface area (Å²) >= 11 is 7.54. The Hall–Kier alpha value is -0.830. The Kier molecular flexibility index (Phi) is 4.21. The summed E-state index contributed by atoms with van der Waals surface area (Å²) in [5, 5.41) is 3.52. The van der Waals surface area contributed by atoms with Crippen LogP contribution in [0.5, 0.6) is 0 Å². The van der Waals surface area contributed by atoms with Gasteiger partial charge in [0.2, 0.25) is 0 Å². The summed E-state index contributed by atoms with van der Waals surface area (Å²) in [5.41, 5.74) is 2.69. The van der Waals surface area contributed by atoms with Crippen molar-refractivity contribution in [3.63, 3.8) is 0 Å². The smallest absolute Gasteiger partial charge is 0.0931 e. The lowest BCUT2D eigenvalue weighted by Gasteiger charge is -2.15.